The topological polar surface area (TPSA) is 28.2 Å². The van der Waals surface area contributed by atoms with E-state index in [2.05, 4.69) is 29.0 Å². The minimum absolute atomic E-state index is 0.131. The van der Waals surface area contributed by atoms with Crippen LogP contribution in [0.15, 0.2) is 12.3 Å². The van der Waals surface area contributed by atoms with Crippen molar-refractivity contribution in [2.75, 3.05) is 11.4 Å². The average molecular weight is 277 g/mol. The molecule has 0 bridgehead atoms. The van der Waals surface area contributed by atoms with Crippen LogP contribution in [0.1, 0.15) is 45.1 Å². The summed E-state index contributed by atoms with van der Waals surface area (Å²) < 4.78 is 14.7. The number of hydrogen-bond donors (Lipinski definition) is 1. The van der Waals surface area contributed by atoms with Crippen LogP contribution in [0, 0.1) is 11.7 Å². The number of aromatic nitrogens is 1. The van der Waals surface area contributed by atoms with Gasteiger partial charge in [0.05, 0.1) is 0 Å². The monoisotopic (exact) mass is 277 g/mol. The summed E-state index contributed by atoms with van der Waals surface area (Å²) in [6.45, 7) is 5.85. The van der Waals surface area contributed by atoms with E-state index < -0.39 is 0 Å². The van der Waals surface area contributed by atoms with Gasteiger partial charge in [-0.1, -0.05) is 13.8 Å². The van der Waals surface area contributed by atoms with Crippen molar-refractivity contribution in [3.63, 3.8) is 0 Å². The lowest BCUT2D eigenvalue weighted by molar-refractivity contribution is 0.553. The molecule has 3 nitrogen and oxygen atoms in total. The summed E-state index contributed by atoms with van der Waals surface area (Å²) in [5.41, 5.74) is 0.747. The highest BCUT2D eigenvalue weighted by atomic mass is 19.1. The zero-order valence-corrected chi connectivity index (χ0v) is 12.4. The van der Waals surface area contributed by atoms with E-state index in [0.29, 0.717) is 30.4 Å². The highest BCUT2D eigenvalue weighted by molar-refractivity contribution is 5.45. The molecule has 110 valence electrons. The van der Waals surface area contributed by atoms with Gasteiger partial charge >= 0.3 is 0 Å². The highest BCUT2D eigenvalue weighted by Crippen LogP contribution is 2.33. The van der Waals surface area contributed by atoms with Crippen LogP contribution in [-0.2, 0) is 6.54 Å². The van der Waals surface area contributed by atoms with Crippen molar-refractivity contribution in [3.05, 3.63) is 23.6 Å². The molecule has 2 saturated carbocycles. The van der Waals surface area contributed by atoms with E-state index in [1.807, 2.05) is 0 Å². The molecule has 0 aliphatic heterocycles. The quantitative estimate of drug-likeness (QED) is 0.830. The van der Waals surface area contributed by atoms with E-state index in [1.54, 1.807) is 12.3 Å². The first kappa shape index (κ1) is 13.8. The van der Waals surface area contributed by atoms with Crippen molar-refractivity contribution in [2.45, 2.75) is 58.2 Å². The second kappa shape index (κ2) is 5.68. The van der Waals surface area contributed by atoms with E-state index in [1.165, 1.54) is 25.7 Å². The second-order valence-electron chi connectivity index (χ2n) is 6.54. The Balaban J connectivity index is 1.77. The lowest BCUT2D eigenvalue weighted by Crippen LogP contribution is -2.32. The van der Waals surface area contributed by atoms with Crippen molar-refractivity contribution in [3.8, 4) is 0 Å². The third-order valence-corrected chi connectivity index (χ3v) is 3.93. The molecule has 1 aromatic heterocycles. The Morgan fingerprint density at radius 3 is 2.70 bits per heavy atom. The molecule has 0 spiro atoms. The number of pyridine rings is 1. The molecule has 0 amide bonds. The van der Waals surface area contributed by atoms with Gasteiger partial charge in [0, 0.05) is 36.9 Å². The molecule has 0 aromatic carbocycles. The van der Waals surface area contributed by atoms with E-state index in [9.17, 15) is 4.39 Å². The number of anilines is 1. The maximum absolute atomic E-state index is 14.7. The Bertz CT molecular complexity index is 467. The lowest BCUT2D eigenvalue weighted by Gasteiger charge is -2.26. The van der Waals surface area contributed by atoms with Crippen LogP contribution in [0.25, 0.3) is 0 Å². The van der Waals surface area contributed by atoms with Gasteiger partial charge in [-0.3, -0.25) is 0 Å². The molecule has 2 fully saturated rings. The zero-order chi connectivity index (χ0) is 14.1. The minimum Gasteiger partial charge on any atom is -0.351 e. The van der Waals surface area contributed by atoms with E-state index in [0.717, 1.165) is 12.1 Å². The molecule has 0 atom stereocenters. The maximum Gasteiger partial charge on any atom is 0.170 e. The molecule has 4 heteroatoms. The second-order valence-corrected chi connectivity index (χ2v) is 6.54. The smallest absolute Gasteiger partial charge is 0.170 e. The van der Waals surface area contributed by atoms with Gasteiger partial charge in [0.25, 0.3) is 0 Å². The number of hydrogen-bond acceptors (Lipinski definition) is 3. The maximum atomic E-state index is 14.7. The number of nitrogens with one attached hydrogen (secondary N) is 1. The fourth-order valence-electron chi connectivity index (χ4n) is 2.54. The van der Waals surface area contributed by atoms with Crippen molar-refractivity contribution < 1.29 is 4.39 Å². The zero-order valence-electron chi connectivity index (χ0n) is 12.4. The highest BCUT2D eigenvalue weighted by Gasteiger charge is 2.32. The van der Waals surface area contributed by atoms with Gasteiger partial charge in [-0.15, -0.1) is 0 Å². The predicted molar refractivity (Wildman–Crippen MR) is 79.3 cm³/mol. The Morgan fingerprint density at radius 2 is 2.10 bits per heavy atom. The van der Waals surface area contributed by atoms with E-state index in [4.69, 9.17) is 0 Å². The van der Waals surface area contributed by atoms with Crippen molar-refractivity contribution in [2.24, 2.45) is 5.92 Å². The third kappa shape index (κ3) is 3.29. The molecule has 1 aromatic rings. The molecule has 1 N–H and O–H groups in total. The predicted octanol–water partition coefficient (Wildman–Crippen LogP) is 3.10. The fourth-order valence-corrected chi connectivity index (χ4v) is 2.54. The molecule has 1 heterocycles. The Hall–Kier alpha value is -1.16. The summed E-state index contributed by atoms with van der Waals surface area (Å²) in [4.78, 5) is 6.49. The van der Waals surface area contributed by atoms with Crippen LogP contribution in [0.5, 0.6) is 0 Å². The minimum atomic E-state index is -0.131. The fraction of sp³-hybridized carbons (Fsp3) is 0.688. The first-order chi connectivity index (χ1) is 9.65. The first-order valence-electron chi connectivity index (χ1n) is 7.78. The molecule has 2 aliphatic carbocycles. The normalized spacial score (nSPS) is 18.6. The summed E-state index contributed by atoms with van der Waals surface area (Å²) in [5.74, 6) is 0.939. The molecule has 2 aliphatic rings. The number of rotatable bonds is 7. The SMILES string of the molecule is CC(C)CN(c1nccc(CNC2CC2)c1F)C1CC1. The summed E-state index contributed by atoms with van der Waals surface area (Å²) >= 11 is 0. The summed E-state index contributed by atoms with van der Waals surface area (Å²) in [5, 5.41) is 3.38. The summed E-state index contributed by atoms with van der Waals surface area (Å²) in [6.07, 6.45) is 6.52. The standard InChI is InChI=1S/C16H24FN3/c1-11(2)10-20(14-5-6-14)16-15(17)12(7-8-18-16)9-19-13-3-4-13/h7-8,11,13-14,19H,3-6,9-10H2,1-2H3. The first-order valence-corrected chi connectivity index (χ1v) is 7.78. The van der Waals surface area contributed by atoms with Crippen molar-refractivity contribution in [1.29, 1.82) is 0 Å². The van der Waals surface area contributed by atoms with Gasteiger partial charge in [-0.25, -0.2) is 9.37 Å². The molecule has 20 heavy (non-hydrogen) atoms. The van der Waals surface area contributed by atoms with Gasteiger partial charge in [-0.2, -0.15) is 0 Å². The Morgan fingerprint density at radius 1 is 1.35 bits per heavy atom. The van der Waals surface area contributed by atoms with Gasteiger partial charge in [0.2, 0.25) is 0 Å². The molecule has 0 unspecified atom stereocenters. The van der Waals surface area contributed by atoms with Crippen LogP contribution >= 0.6 is 0 Å². The molecular weight excluding hydrogens is 253 g/mol. The Kier molecular flexibility index (Phi) is 3.92. The van der Waals surface area contributed by atoms with Crippen molar-refractivity contribution >= 4 is 5.82 Å². The van der Waals surface area contributed by atoms with Crippen LogP contribution in [0.3, 0.4) is 0 Å². The molecule has 0 saturated heterocycles. The third-order valence-electron chi connectivity index (χ3n) is 3.93. The summed E-state index contributed by atoms with van der Waals surface area (Å²) in [7, 11) is 0. The van der Waals surface area contributed by atoms with Gasteiger partial charge in [-0.05, 0) is 37.7 Å². The average Bonchev–Trinajstić information content (AvgIpc) is 3.27. The van der Waals surface area contributed by atoms with Crippen molar-refractivity contribution in [1.82, 2.24) is 10.3 Å². The van der Waals surface area contributed by atoms with E-state index in [-0.39, 0.29) is 5.82 Å². The van der Waals surface area contributed by atoms with Gasteiger partial charge < -0.3 is 10.2 Å². The van der Waals surface area contributed by atoms with Gasteiger partial charge in [0.1, 0.15) is 0 Å². The molecule has 0 radical (unpaired) electrons. The summed E-state index contributed by atoms with van der Waals surface area (Å²) in [6, 6.07) is 2.89. The van der Waals surface area contributed by atoms with Crippen LogP contribution in [0.2, 0.25) is 0 Å². The molecule has 3 rings (SSSR count). The molecular formula is C16H24FN3. The van der Waals surface area contributed by atoms with Crippen LogP contribution < -0.4 is 10.2 Å². The van der Waals surface area contributed by atoms with E-state index >= 15 is 0 Å². The van der Waals surface area contributed by atoms with Gasteiger partial charge in [0.15, 0.2) is 11.6 Å². The van der Waals surface area contributed by atoms with Crippen LogP contribution in [0.4, 0.5) is 10.2 Å². The lowest BCUT2D eigenvalue weighted by atomic mass is 10.2. The number of nitrogens with zero attached hydrogens (tertiary/aromatic N) is 2. The largest absolute Gasteiger partial charge is 0.351 e. The van der Waals surface area contributed by atoms with Crippen LogP contribution in [-0.4, -0.2) is 23.6 Å². The number of halogens is 1. The Labute approximate surface area is 120 Å².